The molecule has 3 N–H and O–H groups in total. The van der Waals surface area contributed by atoms with E-state index in [1.807, 2.05) is 6.07 Å². The van der Waals surface area contributed by atoms with Gasteiger partial charge in [0.05, 0.1) is 11.0 Å². The number of hydrogen-bond acceptors (Lipinski definition) is 5. The molecule has 104 valence electrons. The molecule has 0 aromatic heterocycles. The van der Waals surface area contributed by atoms with Crippen molar-refractivity contribution in [1.29, 1.82) is 0 Å². The van der Waals surface area contributed by atoms with E-state index in [2.05, 4.69) is 10.6 Å². The Hall–Kier alpha value is -1.82. The van der Waals surface area contributed by atoms with Crippen molar-refractivity contribution in [3.05, 3.63) is 28.3 Å². The van der Waals surface area contributed by atoms with Crippen LogP contribution in [0.5, 0.6) is 0 Å². The molecule has 1 fully saturated rings. The van der Waals surface area contributed by atoms with Crippen molar-refractivity contribution in [3.63, 3.8) is 0 Å². The molecule has 1 aromatic carbocycles. The summed E-state index contributed by atoms with van der Waals surface area (Å²) in [7, 11) is 1.73. The van der Waals surface area contributed by atoms with E-state index in [1.165, 1.54) is 12.1 Å². The zero-order chi connectivity index (χ0) is 13.8. The maximum atomic E-state index is 10.8. The predicted molar refractivity (Wildman–Crippen MR) is 74.5 cm³/mol. The maximum absolute atomic E-state index is 10.8. The summed E-state index contributed by atoms with van der Waals surface area (Å²) in [5.74, 6) is 0.234. The van der Waals surface area contributed by atoms with Gasteiger partial charge >= 0.3 is 0 Å². The molecule has 0 bridgehead atoms. The molecule has 0 spiro atoms. The van der Waals surface area contributed by atoms with Crippen LogP contribution in [0.3, 0.4) is 0 Å². The summed E-state index contributed by atoms with van der Waals surface area (Å²) in [6.07, 6.45) is 2.64. The zero-order valence-corrected chi connectivity index (χ0v) is 10.9. The molecule has 1 aromatic rings. The van der Waals surface area contributed by atoms with E-state index in [1.54, 1.807) is 7.05 Å². The molecule has 0 aliphatic heterocycles. The minimum atomic E-state index is -0.406. The first-order valence-electron chi connectivity index (χ1n) is 6.49. The Morgan fingerprint density at radius 1 is 1.37 bits per heavy atom. The molecule has 1 aliphatic rings. The fourth-order valence-electron chi connectivity index (χ4n) is 2.47. The first-order chi connectivity index (χ1) is 9.10. The van der Waals surface area contributed by atoms with Gasteiger partial charge in [0.2, 0.25) is 0 Å². The monoisotopic (exact) mass is 265 g/mol. The molecule has 1 aliphatic carbocycles. The number of rotatable bonds is 5. The molecule has 0 heterocycles. The van der Waals surface area contributed by atoms with Crippen molar-refractivity contribution in [1.82, 2.24) is 0 Å². The van der Waals surface area contributed by atoms with Gasteiger partial charge in [-0.15, -0.1) is 0 Å². The average molecular weight is 265 g/mol. The number of hydrogen-bond donors (Lipinski definition) is 3. The third-order valence-electron chi connectivity index (χ3n) is 3.60. The van der Waals surface area contributed by atoms with Gasteiger partial charge in [0.15, 0.2) is 0 Å². The summed E-state index contributed by atoms with van der Waals surface area (Å²) in [4.78, 5) is 10.4. The minimum Gasteiger partial charge on any atom is -0.393 e. The van der Waals surface area contributed by atoms with Gasteiger partial charge in [0.1, 0.15) is 0 Å². The summed E-state index contributed by atoms with van der Waals surface area (Å²) < 4.78 is 0. The minimum absolute atomic E-state index is 0.0568. The summed E-state index contributed by atoms with van der Waals surface area (Å²) in [6, 6.07) is 4.84. The Morgan fingerprint density at radius 3 is 2.68 bits per heavy atom. The van der Waals surface area contributed by atoms with Crippen LogP contribution in [0.1, 0.15) is 19.3 Å². The maximum Gasteiger partial charge on any atom is 0.273 e. The number of nitrogens with zero attached hydrogens (tertiary/aromatic N) is 1. The Kier molecular flexibility index (Phi) is 4.21. The fourth-order valence-corrected chi connectivity index (χ4v) is 2.47. The lowest BCUT2D eigenvalue weighted by molar-refractivity contribution is -0.384. The second-order valence-electron chi connectivity index (χ2n) is 4.91. The van der Waals surface area contributed by atoms with Crippen LogP contribution >= 0.6 is 0 Å². The highest BCUT2D eigenvalue weighted by molar-refractivity contribution is 5.63. The normalized spacial score (nSPS) is 22.2. The summed E-state index contributed by atoms with van der Waals surface area (Å²) in [5, 5.41) is 26.7. The quantitative estimate of drug-likeness (QED) is 0.561. The van der Waals surface area contributed by atoms with Gasteiger partial charge in [0.25, 0.3) is 5.69 Å². The number of non-ortho nitro benzene ring substituents is 1. The molecule has 6 heteroatoms. The van der Waals surface area contributed by atoms with Crippen molar-refractivity contribution in [2.45, 2.75) is 25.4 Å². The predicted octanol–water partition coefficient (Wildman–Crippen LogP) is 2.21. The van der Waals surface area contributed by atoms with Gasteiger partial charge in [-0.1, -0.05) is 6.42 Å². The van der Waals surface area contributed by atoms with Crippen LogP contribution in [0.25, 0.3) is 0 Å². The number of benzene rings is 1. The lowest BCUT2D eigenvalue weighted by Gasteiger charge is -2.16. The SMILES string of the molecule is CNc1cc(NCC2CCCC2O)cc([N+](=O)[O-])c1. The van der Waals surface area contributed by atoms with Crippen LogP contribution in [0.2, 0.25) is 0 Å². The number of nitro benzene ring substituents is 1. The highest BCUT2D eigenvalue weighted by Crippen LogP contribution is 2.28. The number of nitro groups is 1. The van der Waals surface area contributed by atoms with Gasteiger partial charge in [0, 0.05) is 43.0 Å². The number of nitrogens with one attached hydrogen (secondary N) is 2. The Balaban J connectivity index is 2.06. The number of aliphatic hydroxyl groups is 1. The topological polar surface area (TPSA) is 87.4 Å². The summed E-state index contributed by atoms with van der Waals surface area (Å²) in [6.45, 7) is 0.644. The molecule has 2 rings (SSSR count). The fraction of sp³-hybridized carbons (Fsp3) is 0.538. The zero-order valence-electron chi connectivity index (χ0n) is 10.9. The molecule has 2 unspecified atom stereocenters. The Labute approximate surface area is 112 Å². The molecule has 1 saturated carbocycles. The standard InChI is InChI=1S/C13H19N3O3/c1-14-10-5-11(7-12(6-10)16(18)19)15-8-9-3-2-4-13(9)17/h5-7,9,13-15,17H,2-4,8H2,1H3. The molecular formula is C13H19N3O3. The third-order valence-corrected chi connectivity index (χ3v) is 3.60. The van der Waals surface area contributed by atoms with Crippen molar-refractivity contribution >= 4 is 17.1 Å². The highest BCUT2D eigenvalue weighted by Gasteiger charge is 2.24. The van der Waals surface area contributed by atoms with Gasteiger partial charge in [-0.25, -0.2) is 0 Å². The number of anilines is 2. The Morgan fingerprint density at radius 2 is 2.11 bits per heavy atom. The summed E-state index contributed by atoms with van der Waals surface area (Å²) >= 11 is 0. The molecule has 6 nitrogen and oxygen atoms in total. The van der Waals surface area contributed by atoms with Crippen LogP contribution in [0.4, 0.5) is 17.1 Å². The van der Waals surface area contributed by atoms with Gasteiger partial charge in [-0.3, -0.25) is 10.1 Å². The van der Waals surface area contributed by atoms with Gasteiger partial charge in [-0.05, 0) is 18.9 Å². The molecule has 2 atom stereocenters. The highest BCUT2D eigenvalue weighted by atomic mass is 16.6. The van der Waals surface area contributed by atoms with Crippen LogP contribution < -0.4 is 10.6 Å². The van der Waals surface area contributed by atoms with Gasteiger partial charge < -0.3 is 15.7 Å². The van der Waals surface area contributed by atoms with Crippen LogP contribution in [-0.4, -0.2) is 29.7 Å². The van der Waals surface area contributed by atoms with E-state index >= 15 is 0 Å². The Bertz CT molecular complexity index is 464. The van der Waals surface area contributed by atoms with E-state index in [-0.39, 0.29) is 17.7 Å². The smallest absolute Gasteiger partial charge is 0.273 e. The molecular weight excluding hydrogens is 246 g/mol. The third kappa shape index (κ3) is 3.35. The number of aliphatic hydroxyl groups excluding tert-OH is 1. The van der Waals surface area contributed by atoms with Crippen molar-refractivity contribution in [2.24, 2.45) is 5.92 Å². The van der Waals surface area contributed by atoms with E-state index in [0.29, 0.717) is 17.9 Å². The van der Waals surface area contributed by atoms with Crippen LogP contribution in [0, 0.1) is 16.0 Å². The first kappa shape index (κ1) is 13.6. The van der Waals surface area contributed by atoms with Crippen molar-refractivity contribution in [2.75, 3.05) is 24.2 Å². The second-order valence-corrected chi connectivity index (χ2v) is 4.91. The van der Waals surface area contributed by atoms with Gasteiger partial charge in [-0.2, -0.15) is 0 Å². The molecule has 19 heavy (non-hydrogen) atoms. The van der Waals surface area contributed by atoms with Crippen molar-refractivity contribution in [3.8, 4) is 0 Å². The second kappa shape index (κ2) is 5.88. The van der Waals surface area contributed by atoms with E-state index in [4.69, 9.17) is 0 Å². The van der Waals surface area contributed by atoms with Crippen LogP contribution in [-0.2, 0) is 0 Å². The molecule has 0 amide bonds. The van der Waals surface area contributed by atoms with E-state index in [9.17, 15) is 15.2 Å². The summed E-state index contributed by atoms with van der Waals surface area (Å²) in [5.41, 5.74) is 1.46. The lowest BCUT2D eigenvalue weighted by atomic mass is 10.1. The molecule has 0 saturated heterocycles. The van der Waals surface area contributed by atoms with Crippen LogP contribution in [0.15, 0.2) is 18.2 Å². The first-order valence-corrected chi connectivity index (χ1v) is 6.49. The van der Waals surface area contributed by atoms with Crippen molar-refractivity contribution < 1.29 is 10.0 Å². The lowest BCUT2D eigenvalue weighted by Crippen LogP contribution is -2.21. The van der Waals surface area contributed by atoms with E-state index < -0.39 is 4.92 Å². The molecule has 0 radical (unpaired) electrons. The van der Waals surface area contributed by atoms with E-state index in [0.717, 1.165) is 19.3 Å². The average Bonchev–Trinajstić information content (AvgIpc) is 2.81. The largest absolute Gasteiger partial charge is 0.393 e.